The zero-order valence-electron chi connectivity index (χ0n) is 6.20. The number of benzene rings is 1. The molecule has 0 unspecified atom stereocenters. The van der Waals surface area contributed by atoms with Gasteiger partial charge in [0.25, 0.3) is 0 Å². The second-order valence-electron chi connectivity index (χ2n) is 2.35. The average molecular weight is 511 g/mol. The lowest BCUT2D eigenvalue weighted by Gasteiger charge is -2.06. The third kappa shape index (κ3) is 3.09. The Kier molecular flexibility index (Phi) is 5.36. The Bertz CT molecular complexity index is 263. The van der Waals surface area contributed by atoms with Crippen LogP contribution in [-0.4, -0.2) is 10.2 Å². The molecule has 0 nitrogen and oxygen atoms in total. The summed E-state index contributed by atoms with van der Waals surface area (Å²) in [6.07, 6.45) is 1.12. The van der Waals surface area contributed by atoms with Crippen LogP contribution in [0.4, 0.5) is 0 Å². The van der Waals surface area contributed by atoms with Crippen LogP contribution in [0.5, 0.6) is 0 Å². The van der Waals surface area contributed by atoms with Crippen LogP contribution in [0.25, 0.3) is 0 Å². The summed E-state index contributed by atoms with van der Waals surface area (Å²) < 4.78 is 4.07. The lowest BCUT2D eigenvalue weighted by atomic mass is 10.2. The largest absolute Gasteiger partial charge is 0.0596 e. The highest BCUT2D eigenvalue weighted by Gasteiger charge is 2.04. The van der Waals surface area contributed by atoms with Crippen molar-refractivity contribution in [1.29, 1.82) is 0 Å². The summed E-state index contributed by atoms with van der Waals surface area (Å²) in [7, 11) is 3.51. The van der Waals surface area contributed by atoms with E-state index in [0.717, 1.165) is 12.5 Å². The molecule has 1 rings (SSSR count). The summed E-state index contributed by atoms with van der Waals surface area (Å²) in [5.74, 6) is 0. The Morgan fingerprint density at radius 2 is 1.58 bits per heavy atom. The molecule has 0 amide bonds. The van der Waals surface area contributed by atoms with Gasteiger partial charge in [-0.3, -0.25) is 0 Å². The maximum Gasteiger partial charge on any atom is 0.0225 e. The van der Waals surface area contributed by atoms with Gasteiger partial charge in [-0.05, 0) is 91.9 Å². The zero-order chi connectivity index (χ0) is 9.14. The Morgan fingerprint density at radius 1 is 1.08 bits per heavy atom. The summed E-state index contributed by atoms with van der Waals surface area (Å²) in [5.41, 5.74) is 1.46. The summed E-state index contributed by atoms with van der Waals surface area (Å²) in [6, 6.07) is 5.48. The number of halogens is 3. The van der Waals surface area contributed by atoms with Gasteiger partial charge in [0, 0.05) is 21.0 Å². The molecule has 4 heteroatoms. The molecule has 0 saturated heterocycles. The van der Waals surface area contributed by atoms with Gasteiger partial charge >= 0.3 is 0 Å². The molecular weight excluding hydrogens is 505 g/mol. The highest BCUT2D eigenvalue weighted by molar-refractivity contribution is 14.1. The molecule has 0 spiro atoms. The predicted molar refractivity (Wildman–Crippen MR) is 78.9 cm³/mol. The van der Waals surface area contributed by atoms with E-state index in [1.54, 1.807) is 0 Å². The first-order valence-electron chi connectivity index (χ1n) is 3.43. The maximum atomic E-state index is 3.51. The summed E-state index contributed by atoms with van der Waals surface area (Å²) >= 11 is 7.16. The Hall–Kier alpha value is 1.63. The lowest BCUT2D eigenvalue weighted by molar-refractivity contribution is 1.10. The fraction of sp³-hybridized carbons (Fsp3) is 0.250. The number of rotatable bonds is 2. The minimum Gasteiger partial charge on any atom is -0.0596 e. The van der Waals surface area contributed by atoms with Crippen molar-refractivity contribution in [2.24, 2.45) is 0 Å². The summed E-state index contributed by atoms with van der Waals surface area (Å²) in [6.45, 7) is 0. The number of hydrogen-bond donors (Lipinski definition) is 0. The molecule has 12 heavy (non-hydrogen) atoms. The summed E-state index contributed by atoms with van der Waals surface area (Å²) in [5, 5.41) is 0. The Labute approximate surface area is 117 Å². The van der Waals surface area contributed by atoms with Gasteiger partial charge in [0.1, 0.15) is 0 Å². The highest BCUT2D eigenvalue weighted by Crippen LogP contribution is 2.23. The third-order valence-electron chi connectivity index (χ3n) is 1.48. The fourth-order valence-electron chi connectivity index (χ4n) is 0.936. The first-order valence-corrected chi connectivity index (χ1v) is 7.37. The fourth-order valence-corrected chi connectivity index (χ4v) is 5.31. The van der Waals surface area contributed by atoms with Crippen LogP contribution in [0.1, 0.15) is 5.56 Å². The third-order valence-corrected chi connectivity index (χ3v) is 4.28. The second kappa shape index (κ2) is 5.49. The predicted octanol–water partition coefficient (Wildman–Crippen LogP) is 3.63. The van der Waals surface area contributed by atoms with Crippen LogP contribution in [0, 0.1) is 10.7 Å². The molecule has 0 aliphatic carbocycles. The van der Waals surface area contributed by atoms with Crippen molar-refractivity contribution in [3.8, 4) is 0 Å². The molecule has 63 valence electrons. The summed E-state index contributed by atoms with van der Waals surface area (Å²) in [4.78, 5) is 0. The molecule has 0 fully saturated rings. The topological polar surface area (TPSA) is 0 Å². The SMILES string of the molecule is [Si]CCc1c(I)cc(I)cc1I. The molecule has 0 aliphatic rings. The van der Waals surface area contributed by atoms with E-state index in [4.69, 9.17) is 0 Å². The van der Waals surface area contributed by atoms with Crippen molar-refractivity contribution in [2.75, 3.05) is 0 Å². The van der Waals surface area contributed by atoms with E-state index in [-0.39, 0.29) is 0 Å². The van der Waals surface area contributed by atoms with Gasteiger partial charge in [-0.2, -0.15) is 0 Å². The molecular formula is C8H6I3Si. The molecule has 0 heterocycles. The second-order valence-corrected chi connectivity index (χ2v) is 6.42. The van der Waals surface area contributed by atoms with E-state index < -0.39 is 0 Å². The zero-order valence-corrected chi connectivity index (χ0v) is 13.7. The van der Waals surface area contributed by atoms with E-state index in [1.165, 1.54) is 16.3 Å². The molecule has 0 bridgehead atoms. The smallest absolute Gasteiger partial charge is 0.0225 e. The molecule has 0 aromatic heterocycles. The van der Waals surface area contributed by atoms with E-state index in [9.17, 15) is 0 Å². The van der Waals surface area contributed by atoms with Crippen molar-refractivity contribution < 1.29 is 0 Å². The Morgan fingerprint density at radius 3 is 2.00 bits per heavy atom. The van der Waals surface area contributed by atoms with Crippen LogP contribution in [-0.2, 0) is 6.42 Å². The van der Waals surface area contributed by atoms with Gasteiger partial charge < -0.3 is 0 Å². The lowest BCUT2D eigenvalue weighted by Crippen LogP contribution is -1.94. The van der Waals surface area contributed by atoms with Crippen LogP contribution in [0.15, 0.2) is 12.1 Å². The maximum absolute atomic E-state index is 3.51. The molecule has 1 aromatic rings. The van der Waals surface area contributed by atoms with Crippen molar-refractivity contribution in [1.82, 2.24) is 0 Å². The minimum atomic E-state index is 1.03. The van der Waals surface area contributed by atoms with E-state index >= 15 is 0 Å². The molecule has 0 saturated carbocycles. The van der Waals surface area contributed by atoms with Crippen molar-refractivity contribution >= 4 is 78.0 Å². The van der Waals surface area contributed by atoms with Gasteiger partial charge in [0.15, 0.2) is 0 Å². The average Bonchev–Trinajstić information content (AvgIpc) is 1.96. The van der Waals surface area contributed by atoms with Gasteiger partial charge in [-0.1, -0.05) is 6.04 Å². The highest BCUT2D eigenvalue weighted by atomic mass is 127. The van der Waals surface area contributed by atoms with Crippen molar-refractivity contribution in [2.45, 2.75) is 12.5 Å². The standard InChI is InChI=1S/C8H6I3Si/c9-5-3-7(10)6(1-2-12)8(11)4-5/h3-4H,1-2H2. The van der Waals surface area contributed by atoms with E-state index in [1.807, 2.05) is 0 Å². The van der Waals surface area contributed by atoms with Crippen LogP contribution in [0.2, 0.25) is 6.04 Å². The van der Waals surface area contributed by atoms with Gasteiger partial charge in [0.2, 0.25) is 0 Å². The molecule has 0 N–H and O–H groups in total. The quantitative estimate of drug-likeness (QED) is 0.421. The van der Waals surface area contributed by atoms with Gasteiger partial charge in [-0.25, -0.2) is 0 Å². The van der Waals surface area contributed by atoms with E-state index in [2.05, 4.69) is 90.1 Å². The van der Waals surface area contributed by atoms with Crippen LogP contribution < -0.4 is 0 Å². The molecule has 1 aromatic carbocycles. The molecule has 0 aliphatic heterocycles. The molecule has 3 radical (unpaired) electrons. The van der Waals surface area contributed by atoms with Crippen molar-refractivity contribution in [3.63, 3.8) is 0 Å². The van der Waals surface area contributed by atoms with Gasteiger partial charge in [-0.15, -0.1) is 0 Å². The first-order chi connectivity index (χ1) is 5.65. The van der Waals surface area contributed by atoms with Crippen LogP contribution in [0.3, 0.4) is 0 Å². The van der Waals surface area contributed by atoms with Crippen LogP contribution >= 0.6 is 67.8 Å². The Balaban J connectivity index is 3.10. The monoisotopic (exact) mass is 511 g/mol. The minimum absolute atomic E-state index is 1.03. The van der Waals surface area contributed by atoms with Crippen molar-refractivity contribution in [3.05, 3.63) is 28.4 Å². The van der Waals surface area contributed by atoms with E-state index in [0.29, 0.717) is 0 Å². The number of hydrogen-bond acceptors (Lipinski definition) is 0. The van der Waals surface area contributed by atoms with Gasteiger partial charge in [0.05, 0.1) is 0 Å². The normalized spacial score (nSPS) is 10.3. The first kappa shape index (κ1) is 11.7. The molecule has 0 atom stereocenters.